The highest BCUT2D eigenvalue weighted by Crippen LogP contribution is 2.19. The fourth-order valence-electron chi connectivity index (χ4n) is 2.32. The third-order valence-electron chi connectivity index (χ3n) is 3.60. The second-order valence-electron chi connectivity index (χ2n) is 5.12. The van der Waals surface area contributed by atoms with Gasteiger partial charge >= 0.3 is 0 Å². The number of carbonyl (C=O) groups is 2. The quantitative estimate of drug-likeness (QED) is 0.768. The summed E-state index contributed by atoms with van der Waals surface area (Å²) in [6.07, 6.45) is 2.73. The molecule has 1 atom stereocenters. The summed E-state index contributed by atoms with van der Waals surface area (Å²) in [4.78, 5) is 28.4. The molecule has 0 saturated carbocycles. The molecule has 1 fully saturated rings. The van der Waals surface area contributed by atoms with Crippen LogP contribution in [-0.4, -0.2) is 60.6 Å². The molecule has 1 saturated heterocycles. The third-order valence-corrected chi connectivity index (χ3v) is 5.45. The van der Waals surface area contributed by atoms with Crippen LogP contribution in [0.25, 0.3) is 0 Å². The van der Waals surface area contributed by atoms with Gasteiger partial charge in [0.1, 0.15) is 4.90 Å². The SMILES string of the molecule is CC(=O)N1CCN(S(=O)(=O)c2cccnc2)C[C@H](C(N)=O)C1. The number of hydrogen-bond donors (Lipinski definition) is 1. The summed E-state index contributed by atoms with van der Waals surface area (Å²) < 4.78 is 26.4. The standard InChI is InChI=1S/C13H18N4O4S/c1-10(18)16-5-6-17(9-11(8-16)13(14)19)22(20,21)12-3-2-4-15-7-12/h2-4,7,11H,5-6,8-9H2,1H3,(H2,14,19)/t11-/m1/s1. The number of hydrogen-bond acceptors (Lipinski definition) is 5. The van der Waals surface area contributed by atoms with Gasteiger partial charge in [0.2, 0.25) is 21.8 Å². The molecule has 2 N–H and O–H groups in total. The monoisotopic (exact) mass is 326 g/mol. The summed E-state index contributed by atoms with van der Waals surface area (Å²) in [5, 5.41) is 0. The molecule has 1 aliphatic heterocycles. The Balaban J connectivity index is 2.31. The highest BCUT2D eigenvalue weighted by Gasteiger charge is 2.34. The molecule has 2 heterocycles. The first-order chi connectivity index (χ1) is 10.3. The number of nitrogens with two attached hydrogens (primary N) is 1. The average molecular weight is 326 g/mol. The lowest BCUT2D eigenvalue weighted by atomic mass is 10.1. The van der Waals surface area contributed by atoms with Crippen molar-refractivity contribution in [2.24, 2.45) is 11.7 Å². The first-order valence-corrected chi connectivity index (χ1v) is 8.21. The molecular formula is C13H18N4O4S. The Morgan fingerprint density at radius 1 is 1.32 bits per heavy atom. The van der Waals surface area contributed by atoms with Gasteiger partial charge in [0.25, 0.3) is 0 Å². The van der Waals surface area contributed by atoms with E-state index in [2.05, 4.69) is 4.98 Å². The van der Waals surface area contributed by atoms with Gasteiger partial charge in [0.15, 0.2) is 0 Å². The van der Waals surface area contributed by atoms with E-state index in [1.54, 1.807) is 0 Å². The molecule has 0 aromatic carbocycles. The van der Waals surface area contributed by atoms with Crippen LogP contribution in [-0.2, 0) is 19.6 Å². The van der Waals surface area contributed by atoms with Crippen LogP contribution in [0.2, 0.25) is 0 Å². The van der Waals surface area contributed by atoms with Gasteiger partial charge < -0.3 is 10.6 Å². The van der Waals surface area contributed by atoms with E-state index < -0.39 is 21.8 Å². The van der Waals surface area contributed by atoms with Crippen LogP contribution in [0.3, 0.4) is 0 Å². The molecule has 0 unspecified atom stereocenters. The molecule has 0 bridgehead atoms. The molecule has 8 nitrogen and oxygen atoms in total. The Morgan fingerprint density at radius 2 is 2.05 bits per heavy atom. The number of nitrogens with zero attached hydrogens (tertiary/aromatic N) is 3. The number of primary amides is 1. The van der Waals surface area contributed by atoms with Crippen molar-refractivity contribution in [2.45, 2.75) is 11.8 Å². The van der Waals surface area contributed by atoms with Gasteiger partial charge in [-0.25, -0.2) is 8.42 Å². The normalized spacial score (nSPS) is 20.4. The minimum atomic E-state index is -3.78. The maximum absolute atomic E-state index is 12.6. The third kappa shape index (κ3) is 3.42. The molecular weight excluding hydrogens is 308 g/mol. The van der Waals surface area contributed by atoms with Crippen molar-refractivity contribution in [1.29, 1.82) is 0 Å². The molecule has 2 amide bonds. The number of aromatic nitrogens is 1. The molecule has 22 heavy (non-hydrogen) atoms. The highest BCUT2D eigenvalue weighted by atomic mass is 32.2. The van der Waals surface area contributed by atoms with E-state index in [1.165, 1.54) is 40.7 Å². The summed E-state index contributed by atoms with van der Waals surface area (Å²) in [7, 11) is -3.78. The lowest BCUT2D eigenvalue weighted by molar-refractivity contribution is -0.130. The zero-order valence-electron chi connectivity index (χ0n) is 12.2. The maximum Gasteiger partial charge on any atom is 0.244 e. The molecule has 1 aromatic heterocycles. The zero-order valence-corrected chi connectivity index (χ0v) is 13.0. The van der Waals surface area contributed by atoms with Crippen molar-refractivity contribution < 1.29 is 18.0 Å². The van der Waals surface area contributed by atoms with Crippen LogP contribution in [0.4, 0.5) is 0 Å². The van der Waals surface area contributed by atoms with Crippen molar-refractivity contribution in [1.82, 2.24) is 14.2 Å². The van der Waals surface area contributed by atoms with E-state index in [9.17, 15) is 18.0 Å². The largest absolute Gasteiger partial charge is 0.369 e. The van der Waals surface area contributed by atoms with Crippen molar-refractivity contribution in [3.8, 4) is 0 Å². The Kier molecular flexibility index (Phi) is 4.77. The fourth-order valence-corrected chi connectivity index (χ4v) is 3.76. The van der Waals surface area contributed by atoms with Gasteiger partial charge in [-0.1, -0.05) is 0 Å². The van der Waals surface area contributed by atoms with Crippen LogP contribution in [0.5, 0.6) is 0 Å². The second kappa shape index (κ2) is 6.41. The highest BCUT2D eigenvalue weighted by molar-refractivity contribution is 7.89. The number of rotatable bonds is 3. The average Bonchev–Trinajstić information content (AvgIpc) is 2.71. The topological polar surface area (TPSA) is 114 Å². The summed E-state index contributed by atoms with van der Waals surface area (Å²) in [6, 6.07) is 2.97. The number of amides is 2. The van der Waals surface area contributed by atoms with Gasteiger partial charge in [0, 0.05) is 45.5 Å². The van der Waals surface area contributed by atoms with Crippen molar-refractivity contribution >= 4 is 21.8 Å². The molecule has 120 valence electrons. The Bertz CT molecular complexity index is 662. The van der Waals surface area contributed by atoms with E-state index in [0.717, 1.165) is 0 Å². The molecule has 0 spiro atoms. The van der Waals surface area contributed by atoms with E-state index >= 15 is 0 Å². The van der Waals surface area contributed by atoms with Gasteiger partial charge in [-0.3, -0.25) is 14.6 Å². The van der Waals surface area contributed by atoms with E-state index in [1.807, 2.05) is 0 Å². The van der Waals surface area contributed by atoms with Crippen LogP contribution in [0, 0.1) is 5.92 Å². The lowest BCUT2D eigenvalue weighted by Crippen LogP contribution is -2.40. The molecule has 9 heteroatoms. The first kappa shape index (κ1) is 16.4. The summed E-state index contributed by atoms with van der Waals surface area (Å²) in [6.45, 7) is 1.79. The first-order valence-electron chi connectivity index (χ1n) is 6.77. The van der Waals surface area contributed by atoms with Gasteiger partial charge in [0.05, 0.1) is 5.92 Å². The fraction of sp³-hybridized carbons (Fsp3) is 0.462. The van der Waals surface area contributed by atoms with Crippen LogP contribution < -0.4 is 5.73 Å². The smallest absolute Gasteiger partial charge is 0.244 e. The Labute approximate surface area is 129 Å². The molecule has 0 aliphatic carbocycles. The Hall–Kier alpha value is -2.00. The van der Waals surface area contributed by atoms with Crippen LogP contribution in [0.15, 0.2) is 29.4 Å². The minimum absolute atomic E-state index is 0.0453. The molecule has 0 radical (unpaired) electrons. The minimum Gasteiger partial charge on any atom is -0.369 e. The van der Waals surface area contributed by atoms with Crippen LogP contribution in [0.1, 0.15) is 6.92 Å². The van der Waals surface area contributed by atoms with Crippen molar-refractivity contribution in [2.75, 3.05) is 26.2 Å². The molecule has 1 aliphatic rings. The lowest BCUT2D eigenvalue weighted by Gasteiger charge is -2.21. The molecule has 1 aromatic rings. The summed E-state index contributed by atoms with van der Waals surface area (Å²) >= 11 is 0. The van der Waals surface area contributed by atoms with E-state index in [4.69, 9.17) is 5.73 Å². The van der Waals surface area contributed by atoms with Crippen molar-refractivity contribution in [3.05, 3.63) is 24.5 Å². The number of carbonyl (C=O) groups excluding carboxylic acids is 2. The number of sulfonamides is 1. The Morgan fingerprint density at radius 3 is 2.59 bits per heavy atom. The van der Waals surface area contributed by atoms with Crippen LogP contribution >= 0.6 is 0 Å². The predicted octanol–water partition coefficient (Wildman–Crippen LogP) is -0.964. The second-order valence-corrected chi connectivity index (χ2v) is 7.05. The van der Waals surface area contributed by atoms with Crippen molar-refractivity contribution in [3.63, 3.8) is 0 Å². The van der Waals surface area contributed by atoms with Gasteiger partial charge in [-0.2, -0.15) is 4.31 Å². The van der Waals surface area contributed by atoms with Gasteiger partial charge in [-0.15, -0.1) is 0 Å². The summed E-state index contributed by atoms with van der Waals surface area (Å²) in [5.41, 5.74) is 5.33. The van der Waals surface area contributed by atoms with Gasteiger partial charge in [-0.05, 0) is 12.1 Å². The van der Waals surface area contributed by atoms with E-state index in [-0.39, 0.29) is 37.0 Å². The maximum atomic E-state index is 12.6. The number of pyridine rings is 1. The molecule has 2 rings (SSSR count). The predicted molar refractivity (Wildman–Crippen MR) is 77.9 cm³/mol. The zero-order chi connectivity index (χ0) is 16.3. The summed E-state index contributed by atoms with van der Waals surface area (Å²) in [5.74, 6) is -1.58. The van der Waals surface area contributed by atoms with E-state index in [0.29, 0.717) is 0 Å².